The molecular weight excluding hydrogens is 124 g/mol. The third kappa shape index (κ3) is 10.8. The molecule has 0 rings (SSSR count). The van der Waals surface area contributed by atoms with Crippen LogP contribution in [-0.2, 0) is 4.74 Å². The summed E-state index contributed by atoms with van der Waals surface area (Å²) in [6.45, 7) is 0.318. The molecule has 0 aromatic carbocycles. The number of rotatable bonds is 2. The quantitative estimate of drug-likeness (QED) is 0.229. The molecule has 36 valence electrons. The molecule has 0 saturated carbocycles. The van der Waals surface area contributed by atoms with Crippen LogP contribution in [0.4, 0.5) is 0 Å². The van der Waals surface area contributed by atoms with Gasteiger partial charge in [0.25, 0.3) is 6.26 Å². The maximum absolute atomic E-state index is 7.67. The molecule has 0 atom stereocenters. The van der Waals surface area contributed by atoms with Crippen LogP contribution in [-0.4, -0.2) is 42.0 Å². The van der Waals surface area contributed by atoms with E-state index in [0.29, 0.717) is 12.5 Å². The van der Waals surface area contributed by atoms with E-state index in [2.05, 4.69) is 4.74 Å². The van der Waals surface area contributed by atoms with Crippen LogP contribution < -0.4 is 0 Å². The van der Waals surface area contributed by atoms with E-state index in [0.717, 1.165) is 0 Å². The van der Waals surface area contributed by atoms with E-state index in [1.807, 2.05) is 0 Å². The summed E-state index contributed by atoms with van der Waals surface area (Å²) in [5.41, 5.74) is 0. The molecule has 0 saturated heterocycles. The minimum atomic E-state index is 0. The first-order valence-electron chi connectivity index (χ1n) is 1.48. The average Bonchev–Trinajstić information content (AvgIpc) is 1.61. The van der Waals surface area contributed by atoms with E-state index in [-0.39, 0.29) is 29.6 Å². The monoisotopic (exact) mass is 129 g/mol. The van der Waals surface area contributed by atoms with Gasteiger partial charge < -0.3 is 4.74 Å². The minimum absolute atomic E-state index is 0. The first-order chi connectivity index (χ1) is 2.91. The maximum atomic E-state index is 7.67. The summed E-state index contributed by atoms with van der Waals surface area (Å²) in [6, 6.07) is 0. The van der Waals surface area contributed by atoms with Crippen molar-refractivity contribution in [3.63, 3.8) is 0 Å². The van der Waals surface area contributed by atoms with Crippen LogP contribution in [0.5, 0.6) is 0 Å². The van der Waals surface area contributed by atoms with Crippen molar-refractivity contribution >= 4 is 41.2 Å². The van der Waals surface area contributed by atoms with E-state index < -0.39 is 0 Å². The number of nitriles is 1. The van der Waals surface area contributed by atoms with Gasteiger partial charge in [0.1, 0.15) is 6.61 Å². The predicted octanol–water partition coefficient (Wildman–Crippen LogP) is 0.0744. The molecule has 0 aromatic heterocycles. The zero-order valence-electron chi connectivity index (χ0n) is 3.15. The van der Waals surface area contributed by atoms with Gasteiger partial charge in [-0.05, 0) is 0 Å². The SMILES string of the molecule is N#COCCCl.[NaH]. The second kappa shape index (κ2) is 9.77. The molecule has 0 aromatic rings. The molecule has 0 aliphatic rings. The fourth-order valence-electron chi connectivity index (χ4n) is 0.0842. The fraction of sp³-hybridized carbons (Fsp3) is 0.667. The first-order valence-corrected chi connectivity index (χ1v) is 2.02. The Balaban J connectivity index is 0. The Hall–Kier alpha value is 0.580. The molecular formula is C3H5ClNNaO. The second-order valence-corrected chi connectivity index (χ2v) is 1.01. The Kier molecular flexibility index (Phi) is 14.7. The molecule has 0 bridgehead atoms. The standard InChI is InChI=1S/C3H4ClNO.Na.H/c4-1-2-6-3-5;;/h1-2H2;;. The Morgan fingerprint density at radius 3 is 2.43 bits per heavy atom. The number of halogens is 1. The molecule has 0 amide bonds. The second-order valence-electron chi connectivity index (χ2n) is 0.629. The van der Waals surface area contributed by atoms with Crippen LogP contribution in [0.1, 0.15) is 0 Å². The van der Waals surface area contributed by atoms with Gasteiger partial charge in [0, 0.05) is 0 Å². The summed E-state index contributed by atoms with van der Waals surface area (Å²) >= 11 is 5.10. The number of nitrogens with zero attached hydrogens (tertiary/aromatic N) is 1. The summed E-state index contributed by atoms with van der Waals surface area (Å²) in [4.78, 5) is 0. The topological polar surface area (TPSA) is 33.0 Å². The molecule has 0 heterocycles. The molecule has 0 fully saturated rings. The van der Waals surface area contributed by atoms with Gasteiger partial charge in [-0.3, -0.25) is 0 Å². The summed E-state index contributed by atoms with van der Waals surface area (Å²) in [5.74, 6) is 0.383. The van der Waals surface area contributed by atoms with Crippen molar-refractivity contribution in [2.45, 2.75) is 0 Å². The third-order valence-electron chi connectivity index (χ3n) is 0.244. The van der Waals surface area contributed by atoms with Gasteiger partial charge in [-0.1, -0.05) is 0 Å². The van der Waals surface area contributed by atoms with Crippen molar-refractivity contribution in [3.8, 4) is 6.26 Å². The molecule has 2 nitrogen and oxygen atoms in total. The van der Waals surface area contributed by atoms with E-state index >= 15 is 0 Å². The molecule has 0 radical (unpaired) electrons. The Labute approximate surface area is 69.7 Å². The Morgan fingerprint density at radius 2 is 2.29 bits per heavy atom. The van der Waals surface area contributed by atoms with Crippen molar-refractivity contribution in [2.75, 3.05) is 12.5 Å². The number of ether oxygens (including phenoxy) is 1. The summed E-state index contributed by atoms with van der Waals surface area (Å²) < 4.78 is 4.16. The zero-order chi connectivity index (χ0) is 4.83. The van der Waals surface area contributed by atoms with Gasteiger partial charge in [0.2, 0.25) is 0 Å². The van der Waals surface area contributed by atoms with Gasteiger partial charge in [0.05, 0.1) is 5.88 Å². The van der Waals surface area contributed by atoms with Gasteiger partial charge in [0.15, 0.2) is 0 Å². The molecule has 0 aliphatic carbocycles. The van der Waals surface area contributed by atoms with E-state index in [9.17, 15) is 0 Å². The van der Waals surface area contributed by atoms with Crippen LogP contribution in [0.15, 0.2) is 0 Å². The molecule has 0 spiro atoms. The first kappa shape index (κ1) is 10.5. The van der Waals surface area contributed by atoms with E-state index in [1.165, 1.54) is 6.26 Å². The van der Waals surface area contributed by atoms with Gasteiger partial charge in [-0.15, -0.1) is 11.6 Å². The third-order valence-corrected chi connectivity index (χ3v) is 0.398. The molecule has 7 heavy (non-hydrogen) atoms. The van der Waals surface area contributed by atoms with Crippen molar-refractivity contribution in [1.82, 2.24) is 0 Å². The number of hydrogen-bond donors (Lipinski definition) is 0. The van der Waals surface area contributed by atoms with Crippen molar-refractivity contribution in [3.05, 3.63) is 0 Å². The fourth-order valence-corrected chi connectivity index (χ4v) is 0.161. The molecule has 0 N–H and O–H groups in total. The summed E-state index contributed by atoms with van der Waals surface area (Å²) in [6.07, 6.45) is 1.48. The van der Waals surface area contributed by atoms with Crippen LogP contribution >= 0.6 is 11.6 Å². The van der Waals surface area contributed by atoms with E-state index in [1.54, 1.807) is 0 Å². The van der Waals surface area contributed by atoms with Crippen molar-refractivity contribution in [2.24, 2.45) is 0 Å². The van der Waals surface area contributed by atoms with E-state index in [4.69, 9.17) is 16.9 Å². The Morgan fingerprint density at radius 1 is 1.71 bits per heavy atom. The normalized spacial score (nSPS) is 5.71. The van der Waals surface area contributed by atoms with Crippen LogP contribution in [0.3, 0.4) is 0 Å². The summed E-state index contributed by atoms with van der Waals surface area (Å²) in [7, 11) is 0. The Bertz CT molecular complexity index is 62.4. The predicted molar refractivity (Wildman–Crippen MR) is 29.4 cm³/mol. The molecule has 0 unspecified atom stereocenters. The molecule has 0 aliphatic heterocycles. The average molecular weight is 130 g/mol. The van der Waals surface area contributed by atoms with Crippen molar-refractivity contribution in [1.29, 1.82) is 5.26 Å². The molecule has 4 heteroatoms. The van der Waals surface area contributed by atoms with Crippen LogP contribution in [0.25, 0.3) is 0 Å². The number of alkyl halides is 1. The van der Waals surface area contributed by atoms with Crippen molar-refractivity contribution < 1.29 is 4.74 Å². The van der Waals surface area contributed by atoms with Crippen LogP contribution in [0.2, 0.25) is 0 Å². The number of hydrogen-bond acceptors (Lipinski definition) is 2. The van der Waals surface area contributed by atoms with Gasteiger partial charge in [-0.25, -0.2) is 0 Å². The zero-order valence-corrected chi connectivity index (χ0v) is 3.90. The summed E-state index contributed by atoms with van der Waals surface area (Å²) in [5, 5.41) is 7.67. The van der Waals surface area contributed by atoms with Gasteiger partial charge in [-0.2, -0.15) is 5.26 Å². The van der Waals surface area contributed by atoms with Crippen LogP contribution in [0, 0.1) is 11.5 Å². The van der Waals surface area contributed by atoms with Gasteiger partial charge >= 0.3 is 29.6 Å².